The highest BCUT2D eigenvalue weighted by Gasteiger charge is 2.14. The molecule has 1 fully saturated rings. The first-order valence-electron chi connectivity index (χ1n) is 9.67. The summed E-state index contributed by atoms with van der Waals surface area (Å²) in [5.74, 6) is 2.31. The predicted molar refractivity (Wildman–Crippen MR) is 118 cm³/mol. The zero-order valence-electron chi connectivity index (χ0n) is 16.4. The minimum absolute atomic E-state index is 0.0902. The smallest absolute Gasteiger partial charge is 0.256 e. The van der Waals surface area contributed by atoms with E-state index in [2.05, 4.69) is 27.3 Å². The lowest BCUT2D eigenvalue weighted by Gasteiger charge is -2.26. The zero-order valence-corrected chi connectivity index (χ0v) is 17.2. The molecule has 4 nitrogen and oxygen atoms in total. The van der Waals surface area contributed by atoms with E-state index in [-0.39, 0.29) is 5.91 Å². The summed E-state index contributed by atoms with van der Waals surface area (Å²) in [7, 11) is 0. The molecule has 5 heteroatoms. The van der Waals surface area contributed by atoms with Crippen molar-refractivity contribution < 1.29 is 4.79 Å². The van der Waals surface area contributed by atoms with Gasteiger partial charge in [-0.2, -0.15) is 11.8 Å². The molecule has 144 valence electrons. The Balaban J connectivity index is 1.56. The number of amides is 1. The van der Waals surface area contributed by atoms with Crippen molar-refractivity contribution >= 4 is 34.3 Å². The minimum atomic E-state index is -0.0902. The second kappa shape index (κ2) is 8.33. The van der Waals surface area contributed by atoms with Crippen LogP contribution in [-0.4, -0.2) is 40.4 Å². The van der Waals surface area contributed by atoms with E-state index in [9.17, 15) is 4.79 Å². The largest absolute Gasteiger partial charge is 0.322 e. The first-order chi connectivity index (χ1) is 13.6. The topological polar surface area (TPSA) is 45.2 Å². The molecule has 28 heavy (non-hydrogen) atoms. The number of benzene rings is 2. The summed E-state index contributed by atoms with van der Waals surface area (Å²) in [6.45, 7) is 7.14. The molecule has 2 aromatic carbocycles. The maximum absolute atomic E-state index is 13.0. The molecule has 1 saturated heterocycles. The molecule has 1 amide bonds. The maximum atomic E-state index is 13.0. The van der Waals surface area contributed by atoms with E-state index in [1.54, 1.807) is 0 Å². The van der Waals surface area contributed by atoms with Crippen LogP contribution >= 0.6 is 11.8 Å². The number of aryl methyl sites for hydroxylation is 2. The minimum Gasteiger partial charge on any atom is -0.322 e. The third kappa shape index (κ3) is 4.37. The zero-order chi connectivity index (χ0) is 19.5. The summed E-state index contributed by atoms with van der Waals surface area (Å²) < 4.78 is 0. The van der Waals surface area contributed by atoms with E-state index in [1.165, 1.54) is 17.1 Å². The summed E-state index contributed by atoms with van der Waals surface area (Å²) >= 11 is 2.02. The summed E-state index contributed by atoms with van der Waals surface area (Å²) in [6.07, 6.45) is 0. The second-order valence-electron chi connectivity index (χ2n) is 7.37. The molecule has 1 N–H and O–H groups in total. The molecule has 4 rings (SSSR count). The molecular formula is C23H25N3OS. The van der Waals surface area contributed by atoms with E-state index in [0.29, 0.717) is 5.56 Å². The number of carbonyl (C=O) groups is 1. The van der Waals surface area contributed by atoms with Crippen LogP contribution < -0.4 is 5.32 Å². The van der Waals surface area contributed by atoms with Crippen molar-refractivity contribution in [1.82, 2.24) is 9.88 Å². The maximum Gasteiger partial charge on any atom is 0.256 e. The highest BCUT2D eigenvalue weighted by atomic mass is 32.2. The van der Waals surface area contributed by atoms with Gasteiger partial charge < -0.3 is 5.32 Å². The lowest BCUT2D eigenvalue weighted by atomic mass is 10.0. The van der Waals surface area contributed by atoms with E-state index in [4.69, 9.17) is 0 Å². The number of nitrogens with one attached hydrogen (secondary N) is 1. The number of fused-ring (bicyclic) bond motifs is 1. The first kappa shape index (κ1) is 19.0. The number of rotatable bonds is 4. The highest BCUT2D eigenvalue weighted by Crippen LogP contribution is 2.22. The third-order valence-corrected chi connectivity index (χ3v) is 5.97. The number of thioether (sulfide) groups is 1. The molecule has 0 saturated carbocycles. The molecule has 0 spiro atoms. The Morgan fingerprint density at radius 1 is 1.11 bits per heavy atom. The molecule has 0 bridgehead atoms. The number of nitrogens with zero attached hydrogens (tertiary/aromatic N) is 2. The van der Waals surface area contributed by atoms with Crippen LogP contribution in [0.25, 0.3) is 10.9 Å². The van der Waals surface area contributed by atoms with Crippen LogP contribution in [0.2, 0.25) is 0 Å². The average Bonchev–Trinajstić information content (AvgIpc) is 2.69. The van der Waals surface area contributed by atoms with Gasteiger partial charge in [-0.25, -0.2) is 0 Å². The number of hydrogen-bond donors (Lipinski definition) is 1. The van der Waals surface area contributed by atoms with E-state index < -0.39 is 0 Å². The normalized spacial score (nSPS) is 14.9. The van der Waals surface area contributed by atoms with Gasteiger partial charge in [-0.3, -0.25) is 14.7 Å². The number of hydrogen-bond acceptors (Lipinski definition) is 4. The monoisotopic (exact) mass is 391 g/mol. The fourth-order valence-corrected chi connectivity index (χ4v) is 4.60. The molecule has 0 atom stereocenters. The summed E-state index contributed by atoms with van der Waals surface area (Å²) in [4.78, 5) is 20.1. The van der Waals surface area contributed by atoms with Crippen LogP contribution in [-0.2, 0) is 6.54 Å². The summed E-state index contributed by atoms with van der Waals surface area (Å²) in [5.41, 5.74) is 5.56. The van der Waals surface area contributed by atoms with Crippen LogP contribution in [0.5, 0.6) is 0 Å². The van der Waals surface area contributed by atoms with Crippen molar-refractivity contribution in [2.75, 3.05) is 29.9 Å². The quantitative estimate of drug-likeness (QED) is 0.703. The molecule has 3 aromatic rings. The van der Waals surface area contributed by atoms with Gasteiger partial charge in [0.25, 0.3) is 5.91 Å². The number of pyridine rings is 1. The fraction of sp³-hybridized carbons (Fsp3) is 0.304. The van der Waals surface area contributed by atoms with Gasteiger partial charge in [0.2, 0.25) is 0 Å². The SMILES string of the molecule is Cc1ccc2nc(C)cc(C(=O)Nc3cccc(CN4CCSCC4)c3)c2c1. The molecule has 0 unspecified atom stereocenters. The Hall–Kier alpha value is -2.37. The second-order valence-corrected chi connectivity index (χ2v) is 8.60. The lowest BCUT2D eigenvalue weighted by molar-refractivity contribution is 0.102. The van der Waals surface area contributed by atoms with Crippen molar-refractivity contribution in [2.45, 2.75) is 20.4 Å². The van der Waals surface area contributed by atoms with Gasteiger partial charge in [0.1, 0.15) is 0 Å². The molecular weight excluding hydrogens is 366 g/mol. The van der Waals surface area contributed by atoms with Crippen LogP contribution in [0.3, 0.4) is 0 Å². The standard InChI is InChI=1S/C23H25N3OS/c1-16-6-7-22-20(12-16)21(13-17(2)24-22)23(27)25-19-5-3-4-18(14-19)15-26-8-10-28-11-9-26/h3-7,12-14H,8-11,15H2,1-2H3,(H,25,27). The molecule has 1 aliphatic heterocycles. The Morgan fingerprint density at radius 3 is 2.75 bits per heavy atom. The van der Waals surface area contributed by atoms with Crippen LogP contribution in [0.4, 0.5) is 5.69 Å². The Kier molecular flexibility index (Phi) is 5.64. The lowest BCUT2D eigenvalue weighted by Crippen LogP contribution is -2.31. The van der Waals surface area contributed by atoms with Gasteiger partial charge in [0, 0.05) is 47.9 Å². The Bertz CT molecular complexity index is 1010. The van der Waals surface area contributed by atoms with Crippen molar-refractivity contribution in [3.63, 3.8) is 0 Å². The van der Waals surface area contributed by atoms with Gasteiger partial charge >= 0.3 is 0 Å². The van der Waals surface area contributed by atoms with Gasteiger partial charge in [0.05, 0.1) is 11.1 Å². The predicted octanol–water partition coefficient (Wildman–Crippen LogP) is 4.65. The van der Waals surface area contributed by atoms with E-state index >= 15 is 0 Å². The molecule has 2 heterocycles. The molecule has 0 aliphatic carbocycles. The van der Waals surface area contributed by atoms with Gasteiger partial charge in [-0.15, -0.1) is 0 Å². The Morgan fingerprint density at radius 2 is 1.93 bits per heavy atom. The van der Waals surface area contributed by atoms with Crippen LogP contribution in [0.1, 0.15) is 27.2 Å². The van der Waals surface area contributed by atoms with Crippen molar-refractivity contribution in [3.8, 4) is 0 Å². The van der Waals surface area contributed by atoms with Gasteiger partial charge in [0.15, 0.2) is 0 Å². The number of carbonyl (C=O) groups excluding carboxylic acids is 1. The van der Waals surface area contributed by atoms with E-state index in [1.807, 2.05) is 62.0 Å². The summed E-state index contributed by atoms with van der Waals surface area (Å²) in [5, 5.41) is 3.98. The Labute approximate surface area is 170 Å². The fourth-order valence-electron chi connectivity index (χ4n) is 3.62. The van der Waals surface area contributed by atoms with Crippen LogP contribution in [0.15, 0.2) is 48.5 Å². The molecule has 0 radical (unpaired) electrons. The van der Waals surface area contributed by atoms with Crippen molar-refractivity contribution in [1.29, 1.82) is 0 Å². The van der Waals surface area contributed by atoms with Gasteiger partial charge in [-0.1, -0.05) is 23.8 Å². The third-order valence-electron chi connectivity index (χ3n) is 5.03. The summed E-state index contributed by atoms with van der Waals surface area (Å²) in [6, 6.07) is 16.1. The molecule has 1 aliphatic rings. The average molecular weight is 392 g/mol. The highest BCUT2D eigenvalue weighted by molar-refractivity contribution is 7.99. The van der Waals surface area contributed by atoms with Crippen molar-refractivity contribution in [3.05, 3.63) is 70.9 Å². The van der Waals surface area contributed by atoms with E-state index in [0.717, 1.165) is 47.5 Å². The van der Waals surface area contributed by atoms with Crippen molar-refractivity contribution in [2.24, 2.45) is 0 Å². The number of anilines is 1. The van der Waals surface area contributed by atoms with Gasteiger partial charge in [-0.05, 0) is 49.7 Å². The molecule has 1 aromatic heterocycles. The van der Waals surface area contributed by atoms with Crippen LogP contribution in [0, 0.1) is 13.8 Å². The number of aromatic nitrogens is 1. The first-order valence-corrected chi connectivity index (χ1v) is 10.8.